The molecule has 2 aliphatic rings. The number of nitriles is 1. The largest absolute Gasteiger partial charge is 0.361 e. The molecule has 0 saturated carbocycles. The molecule has 1 aliphatic carbocycles. The Morgan fingerprint density at radius 3 is 2.77 bits per heavy atom. The summed E-state index contributed by atoms with van der Waals surface area (Å²) in [5.74, 6) is -0.0605. The van der Waals surface area contributed by atoms with Crippen LogP contribution in [0.2, 0.25) is 0 Å². The molecule has 1 aromatic heterocycles. The maximum Gasteiger partial charge on any atom is 0.162 e. The number of thiophene rings is 1. The van der Waals surface area contributed by atoms with E-state index in [2.05, 4.69) is 41.2 Å². The summed E-state index contributed by atoms with van der Waals surface area (Å²) in [6, 6.07) is 4.32. The van der Waals surface area contributed by atoms with Crippen LogP contribution < -0.4 is 5.32 Å². The number of nitrogens with one attached hydrogen (secondary N) is 1. The lowest BCUT2D eigenvalue weighted by molar-refractivity contribution is -0.118. The van der Waals surface area contributed by atoms with Gasteiger partial charge in [0, 0.05) is 38.1 Å². The normalized spacial score (nSPS) is 24.0. The van der Waals surface area contributed by atoms with Gasteiger partial charge in [0.25, 0.3) is 0 Å². The van der Waals surface area contributed by atoms with E-state index in [1.165, 1.54) is 0 Å². The zero-order valence-corrected chi connectivity index (χ0v) is 15.2. The van der Waals surface area contributed by atoms with Crippen molar-refractivity contribution in [3.63, 3.8) is 0 Å². The molecule has 5 heteroatoms. The highest BCUT2D eigenvalue weighted by Crippen LogP contribution is 2.47. The molecule has 114 valence electrons. The summed E-state index contributed by atoms with van der Waals surface area (Å²) in [4.78, 5) is 13.8. The monoisotopic (exact) mass is 376 g/mol. The molecule has 1 atom stereocenters. The van der Waals surface area contributed by atoms with Crippen LogP contribution in [0.25, 0.3) is 0 Å². The van der Waals surface area contributed by atoms with Crippen LogP contribution in [0.3, 0.4) is 0 Å². The van der Waals surface area contributed by atoms with E-state index in [-0.39, 0.29) is 17.1 Å². The molecule has 0 saturated heterocycles. The highest BCUT2D eigenvalue weighted by molar-refractivity contribution is 9.10. The van der Waals surface area contributed by atoms with Crippen LogP contribution in [-0.4, -0.2) is 5.78 Å². The van der Waals surface area contributed by atoms with Crippen molar-refractivity contribution in [1.82, 2.24) is 5.32 Å². The van der Waals surface area contributed by atoms with Gasteiger partial charge in [-0.1, -0.05) is 13.8 Å². The smallest absolute Gasteiger partial charge is 0.162 e. The highest BCUT2D eigenvalue weighted by Gasteiger charge is 2.41. The predicted molar refractivity (Wildman–Crippen MR) is 91.3 cm³/mol. The molecule has 22 heavy (non-hydrogen) atoms. The van der Waals surface area contributed by atoms with Crippen LogP contribution in [0.1, 0.15) is 44.4 Å². The SMILES string of the molecule is CC1=C(C#N)[C@H](c2cc(Br)cs2)C2=C(CC(C)(C)CC2=O)N1. The number of hydrogen-bond donors (Lipinski definition) is 1. The summed E-state index contributed by atoms with van der Waals surface area (Å²) in [6.07, 6.45) is 1.38. The molecular weight excluding hydrogens is 360 g/mol. The van der Waals surface area contributed by atoms with Crippen molar-refractivity contribution in [3.8, 4) is 6.07 Å². The van der Waals surface area contributed by atoms with Gasteiger partial charge in [0.05, 0.1) is 17.6 Å². The Morgan fingerprint density at radius 2 is 2.18 bits per heavy atom. The fourth-order valence-corrected chi connectivity index (χ4v) is 4.91. The molecule has 3 nitrogen and oxygen atoms in total. The average Bonchev–Trinajstić information content (AvgIpc) is 2.82. The minimum Gasteiger partial charge on any atom is -0.361 e. The van der Waals surface area contributed by atoms with E-state index in [0.717, 1.165) is 32.7 Å². The number of carbonyl (C=O) groups excluding carboxylic acids is 1. The quantitative estimate of drug-likeness (QED) is 0.776. The van der Waals surface area contributed by atoms with Crippen molar-refractivity contribution in [1.29, 1.82) is 5.26 Å². The van der Waals surface area contributed by atoms with Gasteiger partial charge in [0.2, 0.25) is 0 Å². The lowest BCUT2D eigenvalue weighted by Crippen LogP contribution is -2.36. The molecule has 0 aromatic carbocycles. The van der Waals surface area contributed by atoms with Gasteiger partial charge in [0.15, 0.2) is 5.78 Å². The van der Waals surface area contributed by atoms with Crippen molar-refractivity contribution in [3.05, 3.63) is 43.3 Å². The molecule has 0 bridgehead atoms. The summed E-state index contributed by atoms with van der Waals surface area (Å²) in [5, 5.41) is 14.9. The minimum atomic E-state index is -0.221. The summed E-state index contributed by atoms with van der Waals surface area (Å²) in [7, 11) is 0. The Kier molecular flexibility index (Phi) is 3.78. The lowest BCUT2D eigenvalue weighted by Gasteiger charge is -2.38. The van der Waals surface area contributed by atoms with Gasteiger partial charge in [-0.3, -0.25) is 4.79 Å². The van der Waals surface area contributed by atoms with Crippen LogP contribution in [0.15, 0.2) is 38.5 Å². The standard InChI is InChI=1S/C17H17BrN2OS/c1-9-11(7-19)15(14-4-10(18)8-22-14)16-12(20-9)5-17(2,3)6-13(16)21/h4,8,15,20H,5-6H2,1-3H3/t15-/m1/s1. The third-order valence-electron chi connectivity index (χ3n) is 4.23. The van der Waals surface area contributed by atoms with E-state index in [4.69, 9.17) is 0 Å². The average molecular weight is 377 g/mol. The maximum atomic E-state index is 12.8. The second-order valence-corrected chi connectivity index (χ2v) is 8.57. The topological polar surface area (TPSA) is 52.9 Å². The minimum absolute atomic E-state index is 0.0338. The fraction of sp³-hybridized carbons (Fsp3) is 0.412. The van der Waals surface area contributed by atoms with Gasteiger partial charge >= 0.3 is 0 Å². The van der Waals surface area contributed by atoms with Crippen LogP contribution >= 0.6 is 27.3 Å². The molecule has 0 fully saturated rings. The van der Waals surface area contributed by atoms with Gasteiger partial charge < -0.3 is 5.32 Å². The van der Waals surface area contributed by atoms with Gasteiger partial charge in [-0.25, -0.2) is 0 Å². The van der Waals surface area contributed by atoms with Crippen LogP contribution in [-0.2, 0) is 4.79 Å². The predicted octanol–water partition coefficient (Wildman–Crippen LogP) is 4.64. The molecule has 0 unspecified atom stereocenters. The Balaban J connectivity index is 2.17. The third-order valence-corrected chi connectivity index (χ3v) is 5.99. The first kappa shape index (κ1) is 15.5. The number of ketones is 1. The molecule has 1 aromatic rings. The fourth-order valence-electron chi connectivity index (χ4n) is 3.35. The van der Waals surface area contributed by atoms with Crippen LogP contribution in [0, 0.1) is 16.7 Å². The maximum absolute atomic E-state index is 12.8. The van der Waals surface area contributed by atoms with E-state index in [1.807, 2.05) is 18.4 Å². The summed E-state index contributed by atoms with van der Waals surface area (Å²) in [5.41, 5.74) is 3.26. The zero-order chi connectivity index (χ0) is 16.1. The molecular formula is C17H17BrN2OS. The van der Waals surface area contributed by atoms with Gasteiger partial charge in [-0.05, 0) is 40.8 Å². The number of allylic oxidation sites excluding steroid dienone is 4. The Labute approximate surface area is 142 Å². The second kappa shape index (κ2) is 5.36. The molecule has 1 aliphatic heterocycles. The number of nitrogens with zero attached hydrogens (tertiary/aromatic N) is 1. The Hall–Kier alpha value is -1.38. The molecule has 3 rings (SSSR count). The van der Waals surface area contributed by atoms with Crippen LogP contribution in [0.4, 0.5) is 0 Å². The Morgan fingerprint density at radius 1 is 1.45 bits per heavy atom. The lowest BCUT2D eigenvalue weighted by atomic mass is 9.70. The second-order valence-electron chi connectivity index (χ2n) is 6.71. The molecule has 0 spiro atoms. The van der Waals surface area contributed by atoms with E-state index >= 15 is 0 Å². The summed E-state index contributed by atoms with van der Waals surface area (Å²) in [6.45, 7) is 6.15. The first-order valence-electron chi connectivity index (χ1n) is 7.20. The summed E-state index contributed by atoms with van der Waals surface area (Å²) >= 11 is 5.06. The molecule has 0 radical (unpaired) electrons. The molecule has 2 heterocycles. The van der Waals surface area contributed by atoms with Crippen LogP contribution in [0.5, 0.6) is 0 Å². The zero-order valence-electron chi connectivity index (χ0n) is 12.8. The Bertz CT molecular complexity index is 764. The number of dihydropyridines is 1. The molecule has 1 N–H and O–H groups in total. The van der Waals surface area contributed by atoms with Gasteiger partial charge in [0.1, 0.15) is 0 Å². The highest BCUT2D eigenvalue weighted by atomic mass is 79.9. The van der Waals surface area contributed by atoms with Crippen molar-refractivity contribution in [2.75, 3.05) is 0 Å². The van der Waals surface area contributed by atoms with Gasteiger partial charge in [-0.2, -0.15) is 5.26 Å². The number of halogens is 1. The third kappa shape index (κ3) is 2.55. The summed E-state index contributed by atoms with van der Waals surface area (Å²) < 4.78 is 0.992. The van der Waals surface area contributed by atoms with Crippen molar-refractivity contribution >= 4 is 33.0 Å². The van der Waals surface area contributed by atoms with Crippen molar-refractivity contribution in [2.24, 2.45) is 5.41 Å². The van der Waals surface area contributed by atoms with E-state index in [0.29, 0.717) is 12.0 Å². The van der Waals surface area contributed by atoms with Crippen molar-refractivity contribution in [2.45, 2.75) is 39.5 Å². The van der Waals surface area contributed by atoms with E-state index < -0.39 is 0 Å². The number of hydrogen-bond acceptors (Lipinski definition) is 4. The molecule has 0 amide bonds. The number of rotatable bonds is 1. The first-order valence-corrected chi connectivity index (χ1v) is 8.88. The van der Waals surface area contributed by atoms with Gasteiger partial charge in [-0.15, -0.1) is 11.3 Å². The van der Waals surface area contributed by atoms with Crippen molar-refractivity contribution < 1.29 is 4.79 Å². The number of carbonyl (C=O) groups is 1. The number of Topliss-reactive ketones (excluding diaryl/α,β-unsaturated/α-hetero) is 1. The van der Waals surface area contributed by atoms with E-state index in [9.17, 15) is 10.1 Å². The first-order chi connectivity index (χ1) is 10.3. The van der Waals surface area contributed by atoms with E-state index in [1.54, 1.807) is 11.3 Å².